The Morgan fingerprint density at radius 3 is 3.00 bits per heavy atom. The Morgan fingerprint density at radius 2 is 2.27 bits per heavy atom. The highest BCUT2D eigenvalue weighted by Crippen LogP contribution is 2.19. The highest BCUT2D eigenvalue weighted by molar-refractivity contribution is 5.95. The van der Waals surface area contributed by atoms with E-state index in [0.29, 0.717) is 16.6 Å². The van der Waals surface area contributed by atoms with Crippen molar-refractivity contribution in [2.75, 3.05) is 11.9 Å². The Balaban J connectivity index is 1.84. The summed E-state index contributed by atoms with van der Waals surface area (Å²) in [4.78, 5) is 20.2. The van der Waals surface area contributed by atoms with Gasteiger partial charge in [-0.1, -0.05) is 0 Å². The van der Waals surface area contributed by atoms with Crippen molar-refractivity contribution in [3.05, 3.63) is 55.0 Å². The predicted octanol–water partition coefficient (Wildman–Crippen LogP) is 1.74. The normalized spacial score (nSPS) is 12.3. The standard InChI is InChI=1S/C15H13FN4O2/c16-11-1-2-13-10(5-11)6-12(7-18-13)19-15(22)14(8-21)20-4-3-17-9-20/h1-7,9,14,21H,8H2,(H,19,22)/t14-/m0/s1. The largest absolute Gasteiger partial charge is 0.394 e. The third kappa shape index (κ3) is 2.79. The molecule has 0 aliphatic heterocycles. The molecule has 0 spiro atoms. The van der Waals surface area contributed by atoms with Crippen molar-refractivity contribution in [3.63, 3.8) is 0 Å². The highest BCUT2D eigenvalue weighted by atomic mass is 19.1. The highest BCUT2D eigenvalue weighted by Gasteiger charge is 2.19. The Morgan fingerprint density at radius 1 is 1.41 bits per heavy atom. The van der Waals surface area contributed by atoms with Gasteiger partial charge in [-0.15, -0.1) is 0 Å². The summed E-state index contributed by atoms with van der Waals surface area (Å²) >= 11 is 0. The van der Waals surface area contributed by atoms with Gasteiger partial charge >= 0.3 is 0 Å². The van der Waals surface area contributed by atoms with Gasteiger partial charge in [-0.25, -0.2) is 9.37 Å². The molecule has 3 aromatic rings. The van der Waals surface area contributed by atoms with E-state index in [9.17, 15) is 14.3 Å². The first-order valence-corrected chi connectivity index (χ1v) is 6.62. The minimum Gasteiger partial charge on any atom is -0.394 e. The van der Waals surface area contributed by atoms with Crippen LogP contribution in [0, 0.1) is 5.82 Å². The summed E-state index contributed by atoms with van der Waals surface area (Å²) in [6, 6.07) is 5.08. The molecule has 0 radical (unpaired) electrons. The molecular weight excluding hydrogens is 287 g/mol. The number of rotatable bonds is 4. The second-order valence-electron chi connectivity index (χ2n) is 4.76. The number of anilines is 1. The van der Waals surface area contributed by atoms with Gasteiger partial charge in [0.05, 0.1) is 30.3 Å². The second-order valence-corrected chi connectivity index (χ2v) is 4.76. The molecule has 0 fully saturated rings. The number of imidazole rings is 1. The number of halogens is 1. The van der Waals surface area contributed by atoms with Crippen molar-refractivity contribution in [2.24, 2.45) is 0 Å². The molecule has 1 amide bonds. The number of pyridine rings is 1. The maximum Gasteiger partial charge on any atom is 0.249 e. The van der Waals surface area contributed by atoms with Crippen LogP contribution < -0.4 is 5.32 Å². The summed E-state index contributed by atoms with van der Waals surface area (Å²) in [5.41, 5.74) is 1.06. The number of amides is 1. The lowest BCUT2D eigenvalue weighted by atomic mass is 10.2. The van der Waals surface area contributed by atoms with Gasteiger partial charge in [0.25, 0.3) is 0 Å². The van der Waals surface area contributed by atoms with Gasteiger partial charge in [-0.3, -0.25) is 9.78 Å². The zero-order valence-electron chi connectivity index (χ0n) is 11.5. The van der Waals surface area contributed by atoms with Crippen molar-refractivity contribution >= 4 is 22.5 Å². The molecule has 22 heavy (non-hydrogen) atoms. The molecule has 2 N–H and O–H groups in total. The minimum absolute atomic E-state index is 0.363. The molecule has 6 nitrogen and oxygen atoms in total. The summed E-state index contributed by atoms with van der Waals surface area (Å²) in [5.74, 6) is -0.775. The maximum atomic E-state index is 13.2. The number of nitrogens with one attached hydrogen (secondary N) is 1. The van der Waals surface area contributed by atoms with E-state index in [1.807, 2.05) is 0 Å². The number of benzene rings is 1. The Bertz CT molecular complexity index is 804. The Hall–Kier alpha value is -2.80. The first kappa shape index (κ1) is 14.2. The second kappa shape index (κ2) is 5.90. The maximum absolute atomic E-state index is 13.2. The van der Waals surface area contributed by atoms with E-state index in [1.54, 1.807) is 18.3 Å². The van der Waals surface area contributed by atoms with Crippen LogP contribution >= 0.6 is 0 Å². The van der Waals surface area contributed by atoms with Crippen LogP contribution in [0.1, 0.15) is 6.04 Å². The summed E-state index contributed by atoms with van der Waals surface area (Å²) in [6.45, 7) is -0.363. The molecule has 0 bridgehead atoms. The van der Waals surface area contributed by atoms with Gasteiger partial charge in [-0.05, 0) is 24.3 Å². The number of aromatic nitrogens is 3. The van der Waals surface area contributed by atoms with E-state index < -0.39 is 11.9 Å². The van der Waals surface area contributed by atoms with Crippen molar-refractivity contribution in [1.29, 1.82) is 0 Å². The molecule has 1 atom stereocenters. The van der Waals surface area contributed by atoms with E-state index >= 15 is 0 Å². The number of aliphatic hydroxyl groups is 1. The molecule has 112 valence electrons. The fourth-order valence-electron chi connectivity index (χ4n) is 2.16. The number of carbonyl (C=O) groups excluding carboxylic acids is 1. The SMILES string of the molecule is O=C(Nc1cnc2ccc(F)cc2c1)[C@H](CO)n1ccnc1. The molecular formula is C15H13FN4O2. The summed E-state index contributed by atoms with van der Waals surface area (Å²) in [6.07, 6.45) is 6.06. The number of aliphatic hydroxyl groups excluding tert-OH is 1. The summed E-state index contributed by atoms with van der Waals surface area (Å²) in [7, 11) is 0. The van der Waals surface area contributed by atoms with Crippen LogP contribution in [0.25, 0.3) is 10.9 Å². The molecule has 0 unspecified atom stereocenters. The first-order chi connectivity index (χ1) is 10.7. The molecule has 0 aliphatic carbocycles. The minimum atomic E-state index is -0.786. The third-order valence-corrected chi connectivity index (χ3v) is 3.27. The molecule has 7 heteroatoms. The van der Waals surface area contributed by atoms with E-state index in [0.717, 1.165) is 0 Å². The summed E-state index contributed by atoms with van der Waals surface area (Å²) < 4.78 is 14.7. The molecule has 0 saturated heterocycles. The zero-order chi connectivity index (χ0) is 15.5. The smallest absolute Gasteiger partial charge is 0.249 e. The predicted molar refractivity (Wildman–Crippen MR) is 78.7 cm³/mol. The van der Waals surface area contributed by atoms with Gasteiger partial charge in [0.1, 0.15) is 11.9 Å². The van der Waals surface area contributed by atoms with Crippen LogP contribution in [0.15, 0.2) is 49.2 Å². The van der Waals surface area contributed by atoms with Crippen LogP contribution in [0.2, 0.25) is 0 Å². The van der Waals surface area contributed by atoms with Crippen molar-refractivity contribution in [1.82, 2.24) is 14.5 Å². The van der Waals surface area contributed by atoms with Gasteiger partial charge in [-0.2, -0.15) is 0 Å². The van der Waals surface area contributed by atoms with Crippen molar-refractivity contribution in [2.45, 2.75) is 6.04 Å². The zero-order valence-corrected chi connectivity index (χ0v) is 11.5. The molecule has 2 aromatic heterocycles. The first-order valence-electron chi connectivity index (χ1n) is 6.62. The number of hydrogen-bond donors (Lipinski definition) is 2. The number of hydrogen-bond acceptors (Lipinski definition) is 4. The monoisotopic (exact) mass is 300 g/mol. The molecule has 3 rings (SSSR count). The quantitative estimate of drug-likeness (QED) is 0.769. The van der Waals surface area contributed by atoms with Crippen LogP contribution in [-0.4, -0.2) is 32.2 Å². The Labute approximate surface area is 125 Å². The molecule has 2 heterocycles. The number of nitrogens with zero attached hydrogens (tertiary/aromatic N) is 3. The van der Waals surface area contributed by atoms with E-state index in [-0.39, 0.29) is 12.4 Å². The lowest BCUT2D eigenvalue weighted by Gasteiger charge is -2.15. The van der Waals surface area contributed by atoms with Crippen molar-refractivity contribution in [3.8, 4) is 0 Å². The van der Waals surface area contributed by atoms with Gasteiger partial charge in [0.15, 0.2) is 0 Å². The van der Waals surface area contributed by atoms with Gasteiger partial charge < -0.3 is 15.0 Å². The van der Waals surface area contributed by atoms with Crippen LogP contribution in [-0.2, 0) is 4.79 Å². The lowest BCUT2D eigenvalue weighted by Crippen LogP contribution is -2.28. The topological polar surface area (TPSA) is 80.0 Å². The van der Waals surface area contributed by atoms with Crippen LogP contribution in [0.4, 0.5) is 10.1 Å². The average molecular weight is 300 g/mol. The van der Waals surface area contributed by atoms with Crippen LogP contribution in [0.5, 0.6) is 0 Å². The third-order valence-electron chi connectivity index (χ3n) is 3.27. The fraction of sp³-hybridized carbons (Fsp3) is 0.133. The number of fused-ring (bicyclic) bond motifs is 1. The van der Waals surface area contributed by atoms with E-state index in [2.05, 4.69) is 15.3 Å². The van der Waals surface area contributed by atoms with Gasteiger partial charge in [0.2, 0.25) is 5.91 Å². The molecule has 1 aromatic carbocycles. The summed E-state index contributed by atoms with van der Waals surface area (Å²) in [5, 5.41) is 12.6. The van der Waals surface area contributed by atoms with Crippen LogP contribution in [0.3, 0.4) is 0 Å². The number of carbonyl (C=O) groups is 1. The van der Waals surface area contributed by atoms with E-state index in [1.165, 1.54) is 35.4 Å². The van der Waals surface area contributed by atoms with Crippen molar-refractivity contribution < 1.29 is 14.3 Å². The molecule has 0 aliphatic rings. The van der Waals surface area contributed by atoms with Gasteiger partial charge in [0, 0.05) is 17.8 Å². The average Bonchev–Trinajstić information content (AvgIpc) is 3.01. The van der Waals surface area contributed by atoms with E-state index in [4.69, 9.17) is 0 Å². The fourth-order valence-corrected chi connectivity index (χ4v) is 2.16. The lowest BCUT2D eigenvalue weighted by molar-refractivity contribution is -0.120. The Kier molecular flexibility index (Phi) is 3.80. The molecule has 0 saturated carbocycles.